The standard InChI is InChI=1S/C15H17N3O4S2/c1-15(13(21)22)2-3-17(9-15)12(20)8-23-7-10-6-11(19)18-4-5-24-14(18)16-10/h4-6H,2-3,7-9H2,1H3,(H,21,22). The molecule has 1 fully saturated rings. The molecule has 7 nitrogen and oxygen atoms in total. The molecule has 1 N–H and O–H groups in total. The molecule has 1 atom stereocenters. The second-order valence-corrected chi connectivity index (χ2v) is 7.92. The molecule has 1 aliphatic rings. The summed E-state index contributed by atoms with van der Waals surface area (Å²) in [5, 5.41) is 11.0. The molecule has 3 rings (SSSR count). The van der Waals surface area contributed by atoms with Crippen molar-refractivity contribution in [3.8, 4) is 0 Å². The number of likely N-dealkylation sites (tertiary alicyclic amines) is 1. The van der Waals surface area contributed by atoms with Crippen LogP contribution in [0.25, 0.3) is 4.96 Å². The summed E-state index contributed by atoms with van der Waals surface area (Å²) in [6.45, 7) is 2.40. The van der Waals surface area contributed by atoms with Gasteiger partial charge in [0.1, 0.15) is 0 Å². The Morgan fingerprint density at radius 1 is 1.50 bits per heavy atom. The van der Waals surface area contributed by atoms with Gasteiger partial charge < -0.3 is 10.0 Å². The highest BCUT2D eigenvalue weighted by Gasteiger charge is 2.41. The third kappa shape index (κ3) is 3.32. The maximum absolute atomic E-state index is 12.2. The van der Waals surface area contributed by atoms with E-state index < -0.39 is 11.4 Å². The van der Waals surface area contributed by atoms with Crippen LogP contribution in [-0.4, -0.2) is 50.1 Å². The second kappa shape index (κ2) is 6.56. The third-order valence-corrected chi connectivity index (χ3v) is 5.88. The summed E-state index contributed by atoms with van der Waals surface area (Å²) in [6.07, 6.45) is 2.16. The molecular weight excluding hydrogens is 350 g/mol. The fourth-order valence-electron chi connectivity index (χ4n) is 2.64. The Morgan fingerprint density at radius 3 is 3.00 bits per heavy atom. The van der Waals surface area contributed by atoms with Crippen molar-refractivity contribution in [3.63, 3.8) is 0 Å². The van der Waals surface area contributed by atoms with Gasteiger partial charge >= 0.3 is 5.97 Å². The van der Waals surface area contributed by atoms with E-state index in [4.69, 9.17) is 0 Å². The van der Waals surface area contributed by atoms with E-state index in [0.717, 1.165) is 0 Å². The van der Waals surface area contributed by atoms with Gasteiger partial charge in [-0.1, -0.05) is 0 Å². The van der Waals surface area contributed by atoms with Gasteiger partial charge in [-0.3, -0.25) is 18.8 Å². The minimum atomic E-state index is -0.862. The number of hydrogen-bond acceptors (Lipinski definition) is 6. The van der Waals surface area contributed by atoms with Crippen molar-refractivity contribution in [3.05, 3.63) is 33.7 Å². The highest BCUT2D eigenvalue weighted by Crippen LogP contribution is 2.30. The van der Waals surface area contributed by atoms with Crippen molar-refractivity contribution in [1.82, 2.24) is 14.3 Å². The van der Waals surface area contributed by atoms with E-state index in [0.29, 0.717) is 29.4 Å². The van der Waals surface area contributed by atoms with E-state index >= 15 is 0 Å². The number of fused-ring (bicyclic) bond motifs is 1. The molecule has 1 aliphatic heterocycles. The fourth-order valence-corrected chi connectivity index (χ4v) is 4.20. The zero-order valence-electron chi connectivity index (χ0n) is 13.1. The minimum Gasteiger partial charge on any atom is -0.481 e. The first kappa shape index (κ1) is 17.0. The predicted octanol–water partition coefficient (Wildman–Crippen LogP) is 1.31. The van der Waals surface area contributed by atoms with Crippen LogP contribution in [0.3, 0.4) is 0 Å². The van der Waals surface area contributed by atoms with Crippen LogP contribution in [0.5, 0.6) is 0 Å². The summed E-state index contributed by atoms with van der Waals surface area (Å²) in [5.74, 6) is -0.209. The Morgan fingerprint density at radius 2 is 2.29 bits per heavy atom. The van der Waals surface area contributed by atoms with Gasteiger partial charge in [-0.25, -0.2) is 4.98 Å². The molecule has 9 heteroatoms. The number of aromatic nitrogens is 2. The molecule has 0 bridgehead atoms. The van der Waals surface area contributed by atoms with Crippen molar-refractivity contribution in [2.45, 2.75) is 19.1 Å². The van der Waals surface area contributed by atoms with E-state index in [1.807, 2.05) is 0 Å². The number of carbonyl (C=O) groups excluding carboxylic acids is 1. The molecule has 0 aliphatic carbocycles. The molecule has 24 heavy (non-hydrogen) atoms. The number of hydrogen-bond donors (Lipinski definition) is 1. The SMILES string of the molecule is CC1(C(=O)O)CCN(C(=O)CSCc2cc(=O)n3ccsc3n2)C1. The van der Waals surface area contributed by atoms with Gasteiger partial charge in [-0.2, -0.15) is 0 Å². The van der Waals surface area contributed by atoms with E-state index in [1.165, 1.54) is 33.6 Å². The molecule has 0 radical (unpaired) electrons. The van der Waals surface area contributed by atoms with E-state index in [9.17, 15) is 19.5 Å². The van der Waals surface area contributed by atoms with Gasteiger partial charge in [-0.05, 0) is 13.3 Å². The van der Waals surface area contributed by atoms with Gasteiger partial charge in [0, 0.05) is 36.5 Å². The van der Waals surface area contributed by atoms with Gasteiger partial charge in [0.05, 0.1) is 16.9 Å². The summed E-state index contributed by atoms with van der Waals surface area (Å²) in [4.78, 5) is 42.0. The van der Waals surface area contributed by atoms with Crippen LogP contribution in [0.1, 0.15) is 19.0 Å². The number of carboxylic acid groups (broad SMARTS) is 1. The molecule has 128 valence electrons. The van der Waals surface area contributed by atoms with Crippen LogP contribution in [0.15, 0.2) is 22.4 Å². The number of nitrogens with zero attached hydrogens (tertiary/aromatic N) is 3. The van der Waals surface area contributed by atoms with Gasteiger partial charge in [0.25, 0.3) is 5.56 Å². The molecule has 2 aromatic heterocycles. The maximum Gasteiger partial charge on any atom is 0.311 e. The zero-order valence-corrected chi connectivity index (χ0v) is 14.7. The van der Waals surface area contributed by atoms with Crippen molar-refractivity contribution >= 4 is 39.9 Å². The lowest BCUT2D eigenvalue weighted by molar-refractivity contribution is -0.147. The molecule has 2 aromatic rings. The molecule has 0 aromatic carbocycles. The molecular formula is C15H17N3O4S2. The van der Waals surface area contributed by atoms with Crippen molar-refractivity contribution in [2.24, 2.45) is 5.41 Å². The summed E-state index contributed by atoms with van der Waals surface area (Å²) >= 11 is 2.78. The summed E-state index contributed by atoms with van der Waals surface area (Å²) in [7, 11) is 0. The molecule has 1 amide bonds. The maximum atomic E-state index is 12.2. The predicted molar refractivity (Wildman–Crippen MR) is 92.4 cm³/mol. The average Bonchev–Trinajstić information content (AvgIpc) is 3.15. The topological polar surface area (TPSA) is 92.0 Å². The summed E-state index contributed by atoms with van der Waals surface area (Å²) < 4.78 is 1.49. The normalized spacial score (nSPS) is 20.6. The first-order valence-electron chi connectivity index (χ1n) is 7.44. The Kier molecular flexibility index (Phi) is 4.64. The second-order valence-electron chi connectivity index (χ2n) is 6.07. The Hall–Kier alpha value is -1.87. The molecule has 0 saturated carbocycles. The first-order chi connectivity index (χ1) is 11.4. The van der Waals surface area contributed by atoms with Crippen molar-refractivity contribution in [2.75, 3.05) is 18.8 Å². The Balaban J connectivity index is 1.55. The fraction of sp³-hybridized carbons (Fsp3) is 0.467. The minimum absolute atomic E-state index is 0.0705. The molecule has 0 spiro atoms. The smallest absolute Gasteiger partial charge is 0.311 e. The van der Waals surface area contributed by atoms with Gasteiger partial charge in [0.2, 0.25) is 5.91 Å². The first-order valence-corrected chi connectivity index (χ1v) is 9.47. The van der Waals surface area contributed by atoms with E-state index in [1.54, 1.807) is 23.4 Å². The zero-order chi connectivity index (χ0) is 17.3. The number of thioether (sulfide) groups is 1. The van der Waals surface area contributed by atoms with Crippen LogP contribution < -0.4 is 5.56 Å². The monoisotopic (exact) mass is 367 g/mol. The lowest BCUT2D eigenvalue weighted by atomic mass is 9.90. The Bertz CT molecular complexity index is 847. The quantitative estimate of drug-likeness (QED) is 0.857. The van der Waals surface area contributed by atoms with Gasteiger partial charge in [-0.15, -0.1) is 23.1 Å². The number of rotatable bonds is 5. The number of carboxylic acids is 1. The van der Waals surface area contributed by atoms with Crippen LogP contribution in [-0.2, 0) is 15.3 Å². The number of amides is 1. The number of thiazole rings is 1. The van der Waals surface area contributed by atoms with Crippen molar-refractivity contribution in [1.29, 1.82) is 0 Å². The number of carbonyl (C=O) groups is 2. The average molecular weight is 367 g/mol. The summed E-state index contributed by atoms with van der Waals surface area (Å²) in [6, 6.07) is 1.48. The largest absolute Gasteiger partial charge is 0.481 e. The molecule has 1 saturated heterocycles. The van der Waals surface area contributed by atoms with Gasteiger partial charge in [0.15, 0.2) is 4.96 Å². The van der Waals surface area contributed by atoms with Crippen LogP contribution in [0, 0.1) is 5.41 Å². The van der Waals surface area contributed by atoms with Crippen LogP contribution in [0.4, 0.5) is 0 Å². The van der Waals surface area contributed by atoms with Crippen molar-refractivity contribution < 1.29 is 14.7 Å². The summed E-state index contributed by atoms with van der Waals surface area (Å²) in [5.41, 5.74) is -0.321. The number of aliphatic carboxylic acids is 1. The molecule has 3 heterocycles. The van der Waals surface area contributed by atoms with E-state index in [2.05, 4.69) is 4.98 Å². The van der Waals surface area contributed by atoms with E-state index in [-0.39, 0.29) is 23.8 Å². The lowest BCUT2D eigenvalue weighted by Gasteiger charge is -2.20. The van der Waals surface area contributed by atoms with Crippen LogP contribution in [0.2, 0.25) is 0 Å². The third-order valence-electron chi connectivity index (χ3n) is 4.17. The lowest BCUT2D eigenvalue weighted by Crippen LogP contribution is -2.35. The molecule has 1 unspecified atom stereocenters. The Labute approximate surface area is 146 Å². The highest BCUT2D eigenvalue weighted by molar-refractivity contribution is 7.99. The highest BCUT2D eigenvalue weighted by atomic mass is 32.2. The van der Waals surface area contributed by atoms with Crippen LogP contribution >= 0.6 is 23.1 Å².